The van der Waals surface area contributed by atoms with E-state index in [0.717, 1.165) is 17.6 Å². The number of fused-ring (bicyclic) bond motifs is 1. The lowest BCUT2D eigenvalue weighted by Crippen LogP contribution is -2.42. The van der Waals surface area contributed by atoms with E-state index in [1.165, 1.54) is 17.9 Å². The molecule has 0 fully saturated rings. The molecule has 1 aromatic heterocycles. The van der Waals surface area contributed by atoms with Crippen molar-refractivity contribution >= 4 is 40.6 Å². The van der Waals surface area contributed by atoms with Gasteiger partial charge in [0.05, 0.1) is 11.0 Å². The molecule has 0 aliphatic heterocycles. The Morgan fingerprint density at radius 2 is 1.85 bits per heavy atom. The molecule has 0 radical (unpaired) electrons. The maximum Gasteiger partial charge on any atom is 0.413 e. The Labute approximate surface area is 199 Å². The first kappa shape index (κ1) is 24.8. The zero-order valence-corrected chi connectivity index (χ0v) is 20.4. The quantitative estimate of drug-likeness (QED) is 0.555. The van der Waals surface area contributed by atoms with E-state index >= 15 is 0 Å². The van der Waals surface area contributed by atoms with E-state index in [9.17, 15) is 14.4 Å². The van der Waals surface area contributed by atoms with E-state index in [1.54, 1.807) is 25.2 Å². The number of aryl methyl sites for hydroxylation is 1. The van der Waals surface area contributed by atoms with Crippen molar-refractivity contribution in [3.05, 3.63) is 48.0 Å². The van der Waals surface area contributed by atoms with Crippen LogP contribution in [0.15, 0.2) is 42.5 Å². The molecule has 34 heavy (non-hydrogen) atoms. The molecular formula is C25H31N5O4. The summed E-state index contributed by atoms with van der Waals surface area (Å²) in [6, 6.07) is 12.0. The molecule has 180 valence electrons. The second-order valence-corrected chi connectivity index (χ2v) is 9.08. The Morgan fingerprint density at radius 1 is 1.12 bits per heavy atom. The summed E-state index contributed by atoms with van der Waals surface area (Å²) in [5.74, 6) is 0.198. The van der Waals surface area contributed by atoms with Crippen molar-refractivity contribution < 1.29 is 19.1 Å². The molecule has 3 amide bonds. The number of amides is 3. The molecule has 0 spiro atoms. The van der Waals surface area contributed by atoms with Crippen molar-refractivity contribution in [2.24, 2.45) is 0 Å². The smallest absolute Gasteiger partial charge is 0.410 e. The van der Waals surface area contributed by atoms with Crippen LogP contribution in [0.2, 0.25) is 0 Å². The summed E-state index contributed by atoms with van der Waals surface area (Å²) in [7, 11) is 1.70. The first-order valence-electron chi connectivity index (χ1n) is 11.1. The molecule has 1 heterocycles. The normalized spacial score (nSPS) is 11.2. The lowest BCUT2D eigenvalue weighted by molar-refractivity contribution is -0.116. The topological polar surface area (TPSA) is 106 Å². The highest BCUT2D eigenvalue weighted by Gasteiger charge is 2.18. The highest BCUT2D eigenvalue weighted by atomic mass is 16.6. The van der Waals surface area contributed by atoms with Gasteiger partial charge < -0.3 is 19.5 Å². The van der Waals surface area contributed by atoms with Crippen molar-refractivity contribution in [3.63, 3.8) is 0 Å². The average Bonchev–Trinajstić information content (AvgIpc) is 3.08. The van der Waals surface area contributed by atoms with E-state index in [0.29, 0.717) is 23.6 Å². The summed E-state index contributed by atoms with van der Waals surface area (Å²) >= 11 is 0. The van der Waals surface area contributed by atoms with Crippen LogP contribution in [0, 0.1) is 0 Å². The van der Waals surface area contributed by atoms with Gasteiger partial charge in [0.2, 0.25) is 11.9 Å². The van der Waals surface area contributed by atoms with Gasteiger partial charge in [-0.15, -0.1) is 0 Å². The molecule has 9 heteroatoms. The Balaban J connectivity index is 1.85. The lowest BCUT2D eigenvalue weighted by Gasteiger charge is -2.19. The molecule has 9 nitrogen and oxygen atoms in total. The van der Waals surface area contributed by atoms with Crippen molar-refractivity contribution in [1.82, 2.24) is 14.9 Å². The number of rotatable bonds is 6. The molecule has 0 bridgehead atoms. The van der Waals surface area contributed by atoms with Gasteiger partial charge in [0.25, 0.3) is 5.91 Å². The minimum Gasteiger partial charge on any atom is -0.410 e. The molecule has 2 aromatic carbocycles. The van der Waals surface area contributed by atoms with E-state index in [-0.39, 0.29) is 17.6 Å². The fourth-order valence-corrected chi connectivity index (χ4v) is 3.37. The number of imidazole rings is 1. The molecule has 0 aliphatic rings. The lowest BCUT2D eigenvalue weighted by atomic mass is 10.1. The standard InChI is InChI=1S/C25H31N5O4/c1-7-13-30-21-12-11-18(29(6)16(2)31)15-20(21)26-23(30)27-22(32)17-9-8-10-19(14-17)34-24(33)28-25(3,4)5/h8-12,14-15H,7,13H2,1-6H3,(H,28,33)(H,26,27,32). The van der Waals surface area contributed by atoms with Crippen LogP contribution in [-0.2, 0) is 11.3 Å². The predicted molar refractivity (Wildman–Crippen MR) is 132 cm³/mol. The summed E-state index contributed by atoms with van der Waals surface area (Å²) < 4.78 is 7.25. The van der Waals surface area contributed by atoms with Crippen LogP contribution in [0.1, 0.15) is 51.4 Å². The first-order chi connectivity index (χ1) is 16.0. The van der Waals surface area contributed by atoms with Crippen molar-refractivity contribution in [3.8, 4) is 5.75 Å². The summed E-state index contributed by atoms with van der Waals surface area (Å²) in [5, 5.41) is 5.58. The van der Waals surface area contributed by atoms with Gasteiger partial charge in [-0.3, -0.25) is 14.9 Å². The number of anilines is 2. The number of ether oxygens (including phenoxy) is 1. The number of benzene rings is 2. The SMILES string of the molecule is CCCn1c(NC(=O)c2cccc(OC(=O)NC(C)(C)C)c2)nc2cc(N(C)C(C)=O)ccc21. The number of hydrogen-bond acceptors (Lipinski definition) is 5. The summed E-state index contributed by atoms with van der Waals surface area (Å²) in [6.07, 6.45) is 0.247. The summed E-state index contributed by atoms with van der Waals surface area (Å²) in [5.41, 5.74) is 2.13. The molecule has 3 rings (SSSR count). The maximum absolute atomic E-state index is 13.0. The van der Waals surface area contributed by atoms with Crippen LogP contribution in [0.4, 0.5) is 16.4 Å². The van der Waals surface area contributed by atoms with Gasteiger partial charge in [-0.2, -0.15) is 0 Å². The third-order valence-corrected chi connectivity index (χ3v) is 5.05. The third kappa shape index (κ3) is 5.92. The highest BCUT2D eigenvalue weighted by Crippen LogP contribution is 2.26. The van der Waals surface area contributed by atoms with E-state index in [2.05, 4.69) is 15.6 Å². The summed E-state index contributed by atoms with van der Waals surface area (Å²) in [6.45, 7) is 9.74. The van der Waals surface area contributed by atoms with Crippen LogP contribution in [-0.4, -0.2) is 40.0 Å². The highest BCUT2D eigenvalue weighted by molar-refractivity contribution is 6.04. The van der Waals surface area contributed by atoms with Gasteiger partial charge in [0.1, 0.15) is 5.75 Å². The van der Waals surface area contributed by atoms with Gasteiger partial charge >= 0.3 is 6.09 Å². The van der Waals surface area contributed by atoms with E-state index in [4.69, 9.17) is 4.74 Å². The predicted octanol–water partition coefficient (Wildman–Crippen LogP) is 4.57. The van der Waals surface area contributed by atoms with Gasteiger partial charge in [0, 0.05) is 37.3 Å². The second-order valence-electron chi connectivity index (χ2n) is 9.08. The van der Waals surface area contributed by atoms with Crippen LogP contribution < -0.4 is 20.3 Å². The second kappa shape index (κ2) is 9.94. The minimum absolute atomic E-state index is 0.0841. The zero-order chi connectivity index (χ0) is 25.0. The van der Waals surface area contributed by atoms with Gasteiger partial charge in [-0.1, -0.05) is 13.0 Å². The van der Waals surface area contributed by atoms with E-state index < -0.39 is 11.6 Å². The van der Waals surface area contributed by atoms with Crippen LogP contribution in [0.25, 0.3) is 11.0 Å². The zero-order valence-electron chi connectivity index (χ0n) is 20.4. The van der Waals surface area contributed by atoms with Crippen LogP contribution >= 0.6 is 0 Å². The molecule has 3 aromatic rings. The Bertz CT molecular complexity index is 1230. The van der Waals surface area contributed by atoms with Crippen molar-refractivity contribution in [2.45, 2.75) is 53.1 Å². The Morgan fingerprint density at radius 3 is 2.50 bits per heavy atom. The van der Waals surface area contributed by atoms with Gasteiger partial charge in [0.15, 0.2) is 0 Å². The number of nitrogens with zero attached hydrogens (tertiary/aromatic N) is 3. The van der Waals surface area contributed by atoms with Gasteiger partial charge in [-0.05, 0) is 63.6 Å². The number of aromatic nitrogens is 2. The van der Waals surface area contributed by atoms with Crippen molar-refractivity contribution in [1.29, 1.82) is 0 Å². The van der Waals surface area contributed by atoms with Crippen molar-refractivity contribution in [2.75, 3.05) is 17.3 Å². The largest absolute Gasteiger partial charge is 0.413 e. The van der Waals surface area contributed by atoms with Crippen LogP contribution in [0.3, 0.4) is 0 Å². The number of carbonyl (C=O) groups is 3. The maximum atomic E-state index is 13.0. The fraction of sp³-hybridized carbons (Fsp3) is 0.360. The monoisotopic (exact) mass is 465 g/mol. The fourth-order valence-electron chi connectivity index (χ4n) is 3.37. The van der Waals surface area contributed by atoms with Crippen LogP contribution in [0.5, 0.6) is 5.75 Å². The Hall–Kier alpha value is -3.88. The number of carbonyl (C=O) groups excluding carboxylic acids is 3. The molecule has 0 unspecified atom stereocenters. The number of nitrogens with one attached hydrogen (secondary N) is 2. The molecule has 0 atom stereocenters. The van der Waals surface area contributed by atoms with Gasteiger partial charge in [-0.25, -0.2) is 9.78 Å². The molecule has 0 saturated heterocycles. The minimum atomic E-state index is -0.596. The first-order valence-corrected chi connectivity index (χ1v) is 11.1. The molecule has 0 aliphatic carbocycles. The molecule has 2 N–H and O–H groups in total. The Kier molecular flexibility index (Phi) is 7.24. The van der Waals surface area contributed by atoms with E-state index in [1.807, 2.05) is 50.5 Å². The summed E-state index contributed by atoms with van der Waals surface area (Å²) in [4.78, 5) is 42.9. The molecule has 0 saturated carbocycles. The average molecular weight is 466 g/mol. The number of hydrogen-bond donors (Lipinski definition) is 2. The molecular weight excluding hydrogens is 434 g/mol. The third-order valence-electron chi connectivity index (χ3n) is 5.05.